The van der Waals surface area contributed by atoms with Gasteiger partial charge in [-0.15, -0.1) is 11.8 Å². The van der Waals surface area contributed by atoms with Crippen LogP contribution in [-0.4, -0.2) is 25.7 Å². The van der Waals surface area contributed by atoms with Gasteiger partial charge in [-0.3, -0.25) is 0 Å². The third-order valence-corrected chi connectivity index (χ3v) is 2.82. The topological polar surface area (TPSA) is 50.7 Å². The van der Waals surface area contributed by atoms with Gasteiger partial charge < -0.3 is 14.7 Å². The molecule has 1 aromatic carbocycles. The van der Waals surface area contributed by atoms with Gasteiger partial charge in [-0.25, -0.2) is 5.48 Å². The molecule has 0 heterocycles. The quantitative estimate of drug-likeness (QED) is 0.596. The first-order valence-electron chi connectivity index (χ1n) is 4.42. The normalized spacial score (nSPS) is 10.1. The minimum atomic E-state index is 0.362. The van der Waals surface area contributed by atoms with Crippen LogP contribution in [0.1, 0.15) is 5.56 Å². The van der Waals surface area contributed by atoms with E-state index < -0.39 is 0 Å². The zero-order valence-electron chi connectivity index (χ0n) is 9.03. The van der Waals surface area contributed by atoms with Crippen LogP contribution in [0.2, 0.25) is 0 Å². The van der Waals surface area contributed by atoms with Crippen LogP contribution in [0.3, 0.4) is 0 Å². The Balaban J connectivity index is 3.16. The summed E-state index contributed by atoms with van der Waals surface area (Å²) in [6.07, 6.45) is 1.96. The fourth-order valence-corrected chi connectivity index (χ4v) is 2.02. The van der Waals surface area contributed by atoms with Crippen molar-refractivity contribution >= 4 is 11.8 Å². The van der Waals surface area contributed by atoms with Crippen molar-refractivity contribution in [1.82, 2.24) is 5.48 Å². The molecule has 0 bridgehead atoms. The van der Waals surface area contributed by atoms with Crippen LogP contribution in [-0.2, 0) is 6.54 Å². The zero-order valence-corrected chi connectivity index (χ0v) is 9.85. The molecule has 0 fully saturated rings. The van der Waals surface area contributed by atoms with Crippen molar-refractivity contribution < 1.29 is 14.7 Å². The van der Waals surface area contributed by atoms with Gasteiger partial charge in [0.25, 0.3) is 0 Å². The number of hydrogen-bond donors (Lipinski definition) is 2. The Morgan fingerprint density at radius 2 is 1.80 bits per heavy atom. The maximum atomic E-state index is 8.64. The minimum absolute atomic E-state index is 0.362. The largest absolute Gasteiger partial charge is 0.495 e. The molecule has 0 saturated heterocycles. The van der Waals surface area contributed by atoms with Crippen LogP contribution < -0.4 is 15.0 Å². The van der Waals surface area contributed by atoms with Crippen molar-refractivity contribution in [3.8, 4) is 11.5 Å². The highest BCUT2D eigenvalue weighted by Gasteiger charge is 2.11. The fourth-order valence-electron chi connectivity index (χ4n) is 1.33. The fraction of sp³-hybridized carbons (Fsp3) is 0.400. The molecule has 84 valence electrons. The number of thioether (sulfide) groups is 1. The van der Waals surface area contributed by atoms with Gasteiger partial charge >= 0.3 is 0 Å². The maximum Gasteiger partial charge on any atom is 0.136 e. The van der Waals surface area contributed by atoms with Crippen molar-refractivity contribution in [2.45, 2.75) is 11.4 Å². The first-order chi connectivity index (χ1) is 7.26. The molecule has 0 saturated carbocycles. The lowest BCUT2D eigenvalue weighted by Crippen LogP contribution is -2.06. The van der Waals surface area contributed by atoms with Gasteiger partial charge in [-0.1, -0.05) is 0 Å². The third-order valence-electron chi connectivity index (χ3n) is 2.01. The Bertz CT molecular complexity index is 305. The van der Waals surface area contributed by atoms with Crippen molar-refractivity contribution in [3.05, 3.63) is 17.7 Å². The second-order valence-electron chi connectivity index (χ2n) is 2.87. The van der Waals surface area contributed by atoms with E-state index in [4.69, 9.17) is 14.7 Å². The second kappa shape index (κ2) is 5.85. The predicted molar refractivity (Wildman–Crippen MR) is 60.0 cm³/mol. The van der Waals surface area contributed by atoms with Gasteiger partial charge in [-0.05, 0) is 24.0 Å². The summed E-state index contributed by atoms with van der Waals surface area (Å²) in [6, 6.07) is 3.75. The summed E-state index contributed by atoms with van der Waals surface area (Å²) in [4.78, 5) is 0.960. The number of hydrogen-bond acceptors (Lipinski definition) is 5. The van der Waals surface area contributed by atoms with E-state index in [0.717, 1.165) is 22.0 Å². The molecule has 0 amide bonds. The van der Waals surface area contributed by atoms with E-state index in [0.29, 0.717) is 6.54 Å². The maximum absolute atomic E-state index is 8.64. The Labute approximate surface area is 93.5 Å². The van der Waals surface area contributed by atoms with E-state index in [-0.39, 0.29) is 0 Å². The summed E-state index contributed by atoms with van der Waals surface area (Å²) in [5.41, 5.74) is 3.01. The molecule has 5 heteroatoms. The number of ether oxygens (including phenoxy) is 2. The summed E-state index contributed by atoms with van der Waals surface area (Å²) in [5.74, 6) is 1.51. The van der Waals surface area contributed by atoms with Crippen LogP contribution in [0.25, 0.3) is 0 Å². The van der Waals surface area contributed by atoms with E-state index in [1.54, 1.807) is 26.0 Å². The molecule has 15 heavy (non-hydrogen) atoms. The van der Waals surface area contributed by atoms with Gasteiger partial charge in [0.1, 0.15) is 11.5 Å². The highest BCUT2D eigenvalue weighted by molar-refractivity contribution is 7.98. The van der Waals surface area contributed by atoms with E-state index >= 15 is 0 Å². The Kier molecular flexibility index (Phi) is 4.74. The van der Waals surface area contributed by atoms with Crippen LogP contribution in [0.4, 0.5) is 0 Å². The molecular formula is C10H15NO3S. The first kappa shape index (κ1) is 12.2. The first-order valence-corrected chi connectivity index (χ1v) is 5.65. The molecule has 4 nitrogen and oxygen atoms in total. The predicted octanol–water partition coefficient (Wildman–Crippen LogP) is 1.90. The lowest BCUT2D eigenvalue weighted by Gasteiger charge is -2.13. The lowest BCUT2D eigenvalue weighted by atomic mass is 10.2. The number of rotatable bonds is 5. The van der Waals surface area contributed by atoms with Crippen LogP contribution in [0.15, 0.2) is 17.0 Å². The Morgan fingerprint density at radius 3 is 2.13 bits per heavy atom. The average Bonchev–Trinajstić information content (AvgIpc) is 2.28. The molecule has 0 radical (unpaired) electrons. The van der Waals surface area contributed by atoms with E-state index in [1.807, 2.05) is 18.4 Å². The minimum Gasteiger partial charge on any atom is -0.495 e. The van der Waals surface area contributed by atoms with E-state index in [2.05, 4.69) is 5.48 Å². The number of benzene rings is 1. The molecule has 0 aliphatic heterocycles. The summed E-state index contributed by atoms with van der Waals surface area (Å²) in [5, 5.41) is 8.64. The van der Waals surface area contributed by atoms with Gasteiger partial charge in [0.05, 0.1) is 19.1 Å². The smallest absolute Gasteiger partial charge is 0.136 e. The molecule has 0 unspecified atom stereocenters. The van der Waals surface area contributed by atoms with Crippen LogP contribution in [0.5, 0.6) is 11.5 Å². The van der Waals surface area contributed by atoms with Crippen molar-refractivity contribution in [3.63, 3.8) is 0 Å². The molecule has 0 spiro atoms. The molecular weight excluding hydrogens is 214 g/mol. The standard InChI is InChI=1S/C10H15NO3S/c1-13-8-4-7(6-11-12)5-9(14-2)10(8)15-3/h4-5,11-12H,6H2,1-3H3. The van der Waals surface area contributed by atoms with Crippen molar-refractivity contribution in [2.24, 2.45) is 0 Å². The number of methoxy groups -OCH3 is 2. The summed E-state index contributed by atoms with van der Waals surface area (Å²) in [7, 11) is 3.23. The highest BCUT2D eigenvalue weighted by atomic mass is 32.2. The Morgan fingerprint density at radius 1 is 1.27 bits per heavy atom. The molecule has 1 aromatic rings. The molecule has 2 N–H and O–H groups in total. The molecule has 0 aliphatic carbocycles. The second-order valence-corrected chi connectivity index (χ2v) is 3.68. The van der Waals surface area contributed by atoms with Gasteiger partial charge in [0.2, 0.25) is 0 Å². The molecule has 0 aliphatic rings. The molecule has 1 rings (SSSR count). The van der Waals surface area contributed by atoms with Crippen LogP contribution in [0, 0.1) is 0 Å². The van der Waals surface area contributed by atoms with Gasteiger partial charge in [0.15, 0.2) is 0 Å². The molecule has 0 atom stereocenters. The molecule has 0 aromatic heterocycles. The monoisotopic (exact) mass is 229 g/mol. The summed E-state index contributed by atoms with van der Waals surface area (Å²) < 4.78 is 10.5. The Hall–Kier alpha value is -0.910. The van der Waals surface area contributed by atoms with Gasteiger partial charge in [-0.2, -0.15) is 0 Å². The van der Waals surface area contributed by atoms with E-state index in [1.165, 1.54) is 0 Å². The van der Waals surface area contributed by atoms with Crippen molar-refractivity contribution in [1.29, 1.82) is 0 Å². The SMILES string of the molecule is COc1cc(CNO)cc(OC)c1SC. The van der Waals surface area contributed by atoms with Gasteiger partial charge in [0, 0.05) is 6.54 Å². The number of hydroxylamine groups is 1. The lowest BCUT2D eigenvalue weighted by molar-refractivity contribution is 0.161. The highest BCUT2D eigenvalue weighted by Crippen LogP contribution is 2.37. The van der Waals surface area contributed by atoms with Crippen LogP contribution >= 0.6 is 11.8 Å². The summed E-state index contributed by atoms with van der Waals surface area (Å²) >= 11 is 1.57. The zero-order chi connectivity index (χ0) is 11.3. The summed E-state index contributed by atoms with van der Waals surface area (Å²) in [6.45, 7) is 0.362. The average molecular weight is 229 g/mol. The van der Waals surface area contributed by atoms with Crippen molar-refractivity contribution in [2.75, 3.05) is 20.5 Å². The third kappa shape index (κ3) is 2.77. The van der Waals surface area contributed by atoms with E-state index in [9.17, 15) is 0 Å². The number of nitrogens with one attached hydrogen (secondary N) is 1.